The van der Waals surface area contributed by atoms with Crippen molar-refractivity contribution in [3.05, 3.63) is 35.4 Å². The first kappa shape index (κ1) is 13.1. The lowest BCUT2D eigenvalue weighted by molar-refractivity contribution is -0.137. The molecule has 0 aliphatic rings. The average molecular weight is 230 g/mol. The molecule has 0 aliphatic heterocycles. The summed E-state index contributed by atoms with van der Waals surface area (Å²) < 4.78 is 36.8. The van der Waals surface area contributed by atoms with Crippen molar-refractivity contribution in [2.75, 3.05) is 0 Å². The lowest BCUT2D eigenvalue weighted by atomic mass is 10.0. The van der Waals surface area contributed by atoms with Crippen molar-refractivity contribution in [2.24, 2.45) is 5.92 Å². The van der Waals surface area contributed by atoms with Crippen LogP contribution in [0.15, 0.2) is 24.3 Å². The van der Waals surface area contributed by atoms with Gasteiger partial charge in [0, 0.05) is 0 Å². The summed E-state index contributed by atoms with van der Waals surface area (Å²) in [6, 6.07) is 5.46. The second-order valence-corrected chi connectivity index (χ2v) is 4.48. The van der Waals surface area contributed by atoms with Gasteiger partial charge in [-0.1, -0.05) is 32.4 Å². The third-order valence-corrected chi connectivity index (χ3v) is 2.53. The molecule has 0 saturated heterocycles. The van der Waals surface area contributed by atoms with Gasteiger partial charge in [0.1, 0.15) is 0 Å². The van der Waals surface area contributed by atoms with Gasteiger partial charge in [-0.25, -0.2) is 0 Å². The maximum atomic E-state index is 12.3. The monoisotopic (exact) mass is 230 g/mol. The van der Waals surface area contributed by atoms with Gasteiger partial charge >= 0.3 is 6.18 Å². The molecule has 16 heavy (non-hydrogen) atoms. The van der Waals surface area contributed by atoms with Crippen LogP contribution in [0.25, 0.3) is 0 Å². The number of rotatable bonds is 4. The third-order valence-electron chi connectivity index (χ3n) is 2.53. The fraction of sp³-hybridized carbons (Fsp3) is 0.538. The van der Waals surface area contributed by atoms with Gasteiger partial charge in [0.2, 0.25) is 0 Å². The summed E-state index contributed by atoms with van der Waals surface area (Å²) in [5.41, 5.74) is 0.411. The van der Waals surface area contributed by atoms with Gasteiger partial charge in [0.25, 0.3) is 0 Å². The van der Waals surface area contributed by atoms with Crippen LogP contribution >= 0.6 is 0 Å². The Morgan fingerprint density at radius 3 is 2.06 bits per heavy atom. The fourth-order valence-electron chi connectivity index (χ4n) is 1.57. The van der Waals surface area contributed by atoms with E-state index in [-0.39, 0.29) is 0 Å². The van der Waals surface area contributed by atoms with E-state index in [0.29, 0.717) is 5.92 Å². The average Bonchev–Trinajstić information content (AvgIpc) is 2.16. The van der Waals surface area contributed by atoms with E-state index in [2.05, 4.69) is 13.8 Å². The molecule has 0 spiro atoms. The number of halogens is 3. The van der Waals surface area contributed by atoms with Crippen LogP contribution in [0.5, 0.6) is 0 Å². The predicted octanol–water partition coefficient (Wildman–Crippen LogP) is 4.68. The predicted molar refractivity (Wildman–Crippen MR) is 59.2 cm³/mol. The number of hydrogen-bond donors (Lipinski definition) is 0. The molecule has 0 aromatic heterocycles. The molecule has 0 N–H and O–H groups in total. The van der Waals surface area contributed by atoms with Crippen molar-refractivity contribution in [3.8, 4) is 0 Å². The van der Waals surface area contributed by atoms with Gasteiger partial charge in [0.05, 0.1) is 5.56 Å². The van der Waals surface area contributed by atoms with Crippen LogP contribution in [0.4, 0.5) is 13.2 Å². The summed E-state index contributed by atoms with van der Waals surface area (Å²) in [4.78, 5) is 0. The molecule has 0 amide bonds. The molecule has 0 nitrogen and oxygen atoms in total. The first-order valence-electron chi connectivity index (χ1n) is 5.55. The number of aryl methyl sites for hydroxylation is 1. The van der Waals surface area contributed by atoms with Crippen LogP contribution in [-0.4, -0.2) is 0 Å². The second kappa shape index (κ2) is 5.37. The highest BCUT2D eigenvalue weighted by Gasteiger charge is 2.29. The summed E-state index contributed by atoms with van der Waals surface area (Å²) in [6.45, 7) is 4.29. The van der Waals surface area contributed by atoms with Gasteiger partial charge in [-0.3, -0.25) is 0 Å². The molecule has 0 fully saturated rings. The minimum absolute atomic E-state index is 0.569. The maximum Gasteiger partial charge on any atom is 0.416 e. The van der Waals surface area contributed by atoms with Gasteiger partial charge in [-0.15, -0.1) is 0 Å². The fourth-order valence-corrected chi connectivity index (χ4v) is 1.57. The summed E-state index contributed by atoms with van der Waals surface area (Å²) in [5.74, 6) is 0.648. The smallest absolute Gasteiger partial charge is 0.166 e. The molecule has 0 radical (unpaired) electrons. The molecular formula is C13H17F3. The number of benzene rings is 1. The summed E-state index contributed by atoms with van der Waals surface area (Å²) >= 11 is 0. The Hall–Kier alpha value is -0.990. The lowest BCUT2D eigenvalue weighted by Crippen LogP contribution is -2.04. The first-order valence-corrected chi connectivity index (χ1v) is 5.55. The van der Waals surface area contributed by atoms with Crippen molar-refractivity contribution < 1.29 is 13.2 Å². The molecule has 0 unspecified atom stereocenters. The molecule has 0 bridgehead atoms. The molecule has 3 heteroatoms. The standard InChI is InChI=1S/C13H17F3/c1-10(2)4-3-5-11-6-8-12(9-7-11)13(14,15)16/h6-10H,3-5H2,1-2H3. The second-order valence-electron chi connectivity index (χ2n) is 4.48. The Morgan fingerprint density at radius 2 is 1.62 bits per heavy atom. The molecule has 0 saturated carbocycles. The number of hydrogen-bond acceptors (Lipinski definition) is 0. The van der Waals surface area contributed by atoms with Crippen molar-refractivity contribution in [1.29, 1.82) is 0 Å². The van der Waals surface area contributed by atoms with Crippen LogP contribution in [0.1, 0.15) is 37.8 Å². The molecule has 0 heterocycles. The topological polar surface area (TPSA) is 0 Å². The zero-order valence-electron chi connectivity index (χ0n) is 9.64. The quantitative estimate of drug-likeness (QED) is 0.704. The molecule has 90 valence electrons. The minimum atomic E-state index is -4.23. The Labute approximate surface area is 94.5 Å². The largest absolute Gasteiger partial charge is 0.416 e. The zero-order chi connectivity index (χ0) is 12.2. The Bertz CT molecular complexity index is 309. The highest BCUT2D eigenvalue weighted by atomic mass is 19.4. The van der Waals surface area contributed by atoms with Crippen LogP contribution in [-0.2, 0) is 12.6 Å². The molecule has 0 atom stereocenters. The Kier molecular flexibility index (Phi) is 4.39. The third kappa shape index (κ3) is 4.25. The van der Waals surface area contributed by atoms with Crippen molar-refractivity contribution in [3.63, 3.8) is 0 Å². The molecule has 1 rings (SSSR count). The van der Waals surface area contributed by atoms with E-state index >= 15 is 0 Å². The van der Waals surface area contributed by atoms with Gasteiger partial charge in [-0.2, -0.15) is 13.2 Å². The summed E-state index contributed by atoms with van der Waals surface area (Å²) in [6.07, 6.45) is -1.23. The lowest BCUT2D eigenvalue weighted by Gasteiger charge is -2.08. The van der Waals surface area contributed by atoms with Crippen LogP contribution < -0.4 is 0 Å². The summed E-state index contributed by atoms with van der Waals surface area (Å²) in [5, 5.41) is 0. The van der Waals surface area contributed by atoms with Gasteiger partial charge < -0.3 is 0 Å². The van der Waals surface area contributed by atoms with Gasteiger partial charge in [0.15, 0.2) is 0 Å². The highest BCUT2D eigenvalue weighted by Crippen LogP contribution is 2.29. The highest BCUT2D eigenvalue weighted by molar-refractivity contribution is 5.24. The van der Waals surface area contributed by atoms with E-state index < -0.39 is 11.7 Å². The zero-order valence-corrected chi connectivity index (χ0v) is 9.64. The Balaban J connectivity index is 2.52. The van der Waals surface area contributed by atoms with Crippen LogP contribution in [0.3, 0.4) is 0 Å². The van der Waals surface area contributed by atoms with Crippen LogP contribution in [0, 0.1) is 5.92 Å². The normalized spacial score (nSPS) is 12.1. The van der Waals surface area contributed by atoms with Crippen molar-refractivity contribution in [2.45, 2.75) is 39.3 Å². The van der Waals surface area contributed by atoms with E-state index in [1.54, 1.807) is 12.1 Å². The SMILES string of the molecule is CC(C)CCCc1ccc(C(F)(F)F)cc1. The Morgan fingerprint density at radius 1 is 1.06 bits per heavy atom. The minimum Gasteiger partial charge on any atom is -0.166 e. The maximum absolute atomic E-state index is 12.3. The van der Waals surface area contributed by atoms with Crippen LogP contribution in [0.2, 0.25) is 0 Å². The van der Waals surface area contributed by atoms with Gasteiger partial charge in [-0.05, 0) is 36.5 Å². The molecule has 1 aromatic rings. The summed E-state index contributed by atoms with van der Waals surface area (Å²) in [7, 11) is 0. The van der Waals surface area contributed by atoms with E-state index in [9.17, 15) is 13.2 Å². The molecule has 0 aliphatic carbocycles. The van der Waals surface area contributed by atoms with Crippen molar-refractivity contribution >= 4 is 0 Å². The van der Waals surface area contributed by atoms with E-state index in [4.69, 9.17) is 0 Å². The van der Waals surface area contributed by atoms with E-state index in [1.807, 2.05) is 0 Å². The van der Waals surface area contributed by atoms with E-state index in [0.717, 1.165) is 37.0 Å². The number of alkyl halides is 3. The molecular weight excluding hydrogens is 213 g/mol. The van der Waals surface area contributed by atoms with E-state index in [1.165, 1.54) is 0 Å². The molecule has 1 aromatic carbocycles. The van der Waals surface area contributed by atoms with Crippen molar-refractivity contribution in [1.82, 2.24) is 0 Å². The first-order chi connectivity index (χ1) is 7.39.